The van der Waals surface area contributed by atoms with Gasteiger partial charge in [0.2, 0.25) is 0 Å². The fourth-order valence-electron chi connectivity index (χ4n) is 2.41. The van der Waals surface area contributed by atoms with E-state index in [0.29, 0.717) is 33.3 Å². The Morgan fingerprint density at radius 3 is 3.00 bits per heavy atom. The molecule has 1 saturated heterocycles. The van der Waals surface area contributed by atoms with Crippen LogP contribution in [0.4, 0.5) is 0 Å². The van der Waals surface area contributed by atoms with Crippen LogP contribution in [0.1, 0.15) is 24.2 Å². The van der Waals surface area contributed by atoms with E-state index in [2.05, 4.69) is 16.0 Å². The molecule has 1 aliphatic rings. The Morgan fingerprint density at radius 1 is 1.43 bits per heavy atom. The maximum absolute atomic E-state index is 12.1. The van der Waals surface area contributed by atoms with Crippen LogP contribution < -0.4 is 5.56 Å². The van der Waals surface area contributed by atoms with Gasteiger partial charge in [-0.05, 0) is 25.0 Å². The second-order valence-corrected chi connectivity index (χ2v) is 6.24. The van der Waals surface area contributed by atoms with Crippen molar-refractivity contribution in [2.75, 3.05) is 13.2 Å². The van der Waals surface area contributed by atoms with E-state index in [-0.39, 0.29) is 5.56 Å². The Morgan fingerprint density at radius 2 is 2.24 bits per heavy atom. The minimum absolute atomic E-state index is 0.181. The molecule has 1 fully saturated rings. The first-order valence-corrected chi connectivity index (χ1v) is 7.94. The highest BCUT2D eigenvalue weighted by Gasteiger charge is 2.15. The molecule has 0 radical (unpaired) electrons. The van der Waals surface area contributed by atoms with E-state index in [0.717, 1.165) is 26.1 Å². The van der Waals surface area contributed by atoms with Gasteiger partial charge in [0.1, 0.15) is 11.9 Å². The zero-order valence-electron chi connectivity index (χ0n) is 11.5. The van der Waals surface area contributed by atoms with Crippen molar-refractivity contribution in [3.63, 3.8) is 0 Å². The summed E-state index contributed by atoms with van der Waals surface area (Å²) in [4.78, 5) is 19.4. The average Bonchev–Trinajstić information content (AvgIpc) is 2.53. The number of nitriles is 1. The number of ether oxygens (including phenoxy) is 1. The maximum atomic E-state index is 12.1. The number of nitrogens with zero attached hydrogens (tertiary/aromatic N) is 2. The van der Waals surface area contributed by atoms with Gasteiger partial charge in [0.15, 0.2) is 0 Å². The lowest BCUT2D eigenvalue weighted by molar-refractivity contribution is 0.1000. The molecule has 0 saturated carbocycles. The summed E-state index contributed by atoms with van der Waals surface area (Å²) in [5.74, 6) is 1.28. The monoisotopic (exact) mass is 301 g/mol. The van der Waals surface area contributed by atoms with Gasteiger partial charge in [-0.25, -0.2) is 4.98 Å². The largest absolute Gasteiger partial charge is 0.381 e. The second-order valence-electron chi connectivity index (χ2n) is 4.95. The maximum Gasteiger partial charge on any atom is 0.258 e. The third kappa shape index (κ3) is 3.09. The molecule has 1 aromatic heterocycles. The van der Waals surface area contributed by atoms with E-state index in [9.17, 15) is 4.79 Å². The number of rotatable bonds is 3. The van der Waals surface area contributed by atoms with Gasteiger partial charge < -0.3 is 9.72 Å². The van der Waals surface area contributed by atoms with Crippen LogP contribution in [0.25, 0.3) is 10.9 Å². The third-order valence-corrected chi connectivity index (χ3v) is 4.91. The topological polar surface area (TPSA) is 78.8 Å². The normalized spacial score (nSPS) is 16.0. The van der Waals surface area contributed by atoms with E-state index in [4.69, 9.17) is 10.00 Å². The molecule has 2 heterocycles. The molecule has 0 unspecified atom stereocenters. The molecule has 0 amide bonds. The van der Waals surface area contributed by atoms with Crippen molar-refractivity contribution < 1.29 is 4.74 Å². The predicted molar refractivity (Wildman–Crippen MR) is 82.2 cm³/mol. The van der Waals surface area contributed by atoms with Gasteiger partial charge in [-0.3, -0.25) is 4.79 Å². The predicted octanol–water partition coefficient (Wildman–Crippen LogP) is 2.21. The Labute approximate surface area is 126 Å². The van der Waals surface area contributed by atoms with Crippen molar-refractivity contribution in [3.8, 4) is 6.07 Å². The number of aromatic amines is 1. The molecule has 0 bridgehead atoms. The van der Waals surface area contributed by atoms with Gasteiger partial charge in [0.25, 0.3) is 5.56 Å². The highest BCUT2D eigenvalue weighted by Crippen LogP contribution is 2.24. The first kappa shape index (κ1) is 14.1. The van der Waals surface area contributed by atoms with Gasteiger partial charge in [-0.15, -0.1) is 0 Å². The van der Waals surface area contributed by atoms with E-state index in [1.54, 1.807) is 30.0 Å². The molecule has 1 N–H and O–H groups in total. The number of H-pyrrole nitrogens is 1. The minimum Gasteiger partial charge on any atom is -0.381 e. The fraction of sp³-hybridized carbons (Fsp3) is 0.400. The number of nitrogens with one attached hydrogen (secondary N) is 1. The summed E-state index contributed by atoms with van der Waals surface area (Å²) in [5.41, 5.74) is 0.752. The van der Waals surface area contributed by atoms with E-state index < -0.39 is 0 Å². The first-order valence-electron chi connectivity index (χ1n) is 6.89. The molecule has 2 aromatic rings. The number of para-hydroxylation sites is 1. The number of hydrogen-bond donors (Lipinski definition) is 1. The molecule has 1 aliphatic heterocycles. The summed E-state index contributed by atoms with van der Waals surface area (Å²) in [6.07, 6.45) is 2.07. The number of thioether (sulfide) groups is 1. The molecule has 21 heavy (non-hydrogen) atoms. The van der Waals surface area contributed by atoms with Gasteiger partial charge >= 0.3 is 0 Å². The van der Waals surface area contributed by atoms with E-state index in [1.165, 1.54) is 0 Å². The molecule has 5 nitrogen and oxygen atoms in total. The number of aromatic nitrogens is 2. The molecule has 0 atom stereocenters. The Kier molecular flexibility index (Phi) is 4.23. The lowest BCUT2D eigenvalue weighted by Gasteiger charge is -2.21. The zero-order chi connectivity index (χ0) is 14.7. The fourth-order valence-corrected chi connectivity index (χ4v) is 3.46. The quantitative estimate of drug-likeness (QED) is 0.940. The number of fused-ring (bicyclic) bond motifs is 1. The second kappa shape index (κ2) is 6.29. The zero-order valence-corrected chi connectivity index (χ0v) is 12.3. The molecular formula is C15H15N3O2S. The van der Waals surface area contributed by atoms with E-state index >= 15 is 0 Å². The van der Waals surface area contributed by atoms with Crippen LogP contribution in [-0.4, -0.2) is 28.4 Å². The van der Waals surface area contributed by atoms with Gasteiger partial charge in [-0.2, -0.15) is 17.0 Å². The molecule has 108 valence electrons. The highest BCUT2D eigenvalue weighted by molar-refractivity contribution is 7.99. The van der Waals surface area contributed by atoms with Crippen LogP contribution in [0.15, 0.2) is 23.0 Å². The van der Waals surface area contributed by atoms with Crippen molar-refractivity contribution in [2.24, 2.45) is 0 Å². The van der Waals surface area contributed by atoms with Crippen molar-refractivity contribution in [1.82, 2.24) is 9.97 Å². The SMILES string of the molecule is N#Cc1cccc2c(=O)[nH]c(CSC3CCOCC3)nc12. The van der Waals surface area contributed by atoms with Crippen LogP contribution in [0.2, 0.25) is 0 Å². The molecule has 1 aromatic carbocycles. The lowest BCUT2D eigenvalue weighted by atomic mass is 10.1. The summed E-state index contributed by atoms with van der Waals surface area (Å²) in [7, 11) is 0. The summed E-state index contributed by atoms with van der Waals surface area (Å²) < 4.78 is 5.34. The molecule has 0 spiro atoms. The van der Waals surface area contributed by atoms with Crippen LogP contribution in [0.3, 0.4) is 0 Å². The molecule has 0 aliphatic carbocycles. The smallest absolute Gasteiger partial charge is 0.258 e. The Bertz CT molecular complexity index is 745. The van der Waals surface area contributed by atoms with Crippen molar-refractivity contribution in [2.45, 2.75) is 23.8 Å². The van der Waals surface area contributed by atoms with Crippen LogP contribution >= 0.6 is 11.8 Å². The molecule has 3 rings (SSSR count). The number of benzene rings is 1. The lowest BCUT2D eigenvalue weighted by Crippen LogP contribution is -2.18. The molecule has 6 heteroatoms. The van der Waals surface area contributed by atoms with Crippen LogP contribution in [0, 0.1) is 11.3 Å². The summed E-state index contributed by atoms with van der Waals surface area (Å²) in [5, 5.41) is 10.1. The van der Waals surface area contributed by atoms with E-state index in [1.807, 2.05) is 0 Å². The van der Waals surface area contributed by atoms with Crippen molar-refractivity contribution >= 4 is 22.7 Å². The van der Waals surface area contributed by atoms with Crippen molar-refractivity contribution in [3.05, 3.63) is 39.9 Å². The van der Waals surface area contributed by atoms with Gasteiger partial charge in [0.05, 0.1) is 22.2 Å². The van der Waals surface area contributed by atoms with Crippen LogP contribution in [-0.2, 0) is 10.5 Å². The van der Waals surface area contributed by atoms with Crippen molar-refractivity contribution in [1.29, 1.82) is 5.26 Å². The standard InChI is InChI=1S/C15H15N3O2S/c16-8-10-2-1-3-12-14(10)17-13(18-15(12)19)9-21-11-4-6-20-7-5-11/h1-3,11H,4-7,9H2,(H,17,18,19). The van der Waals surface area contributed by atoms with Gasteiger partial charge in [-0.1, -0.05) is 6.07 Å². The summed E-state index contributed by atoms with van der Waals surface area (Å²) >= 11 is 1.79. The highest BCUT2D eigenvalue weighted by atomic mass is 32.2. The average molecular weight is 301 g/mol. The number of hydrogen-bond acceptors (Lipinski definition) is 5. The molecular weight excluding hydrogens is 286 g/mol. The van der Waals surface area contributed by atoms with Crippen LogP contribution in [0.5, 0.6) is 0 Å². The van der Waals surface area contributed by atoms with Gasteiger partial charge in [0, 0.05) is 18.5 Å². The summed E-state index contributed by atoms with van der Waals surface area (Å²) in [6.45, 7) is 1.61. The third-order valence-electron chi connectivity index (χ3n) is 3.53. The summed E-state index contributed by atoms with van der Waals surface area (Å²) in [6, 6.07) is 7.17. The first-order chi connectivity index (χ1) is 10.3. The Hall–Kier alpha value is -1.84. The Balaban J connectivity index is 1.86. The minimum atomic E-state index is -0.181.